The molecule has 0 radical (unpaired) electrons. The van der Waals surface area contributed by atoms with Gasteiger partial charge in [-0.1, -0.05) is 90.4 Å². The minimum absolute atomic E-state index is 0.201. The molecule has 0 heterocycles. The van der Waals surface area contributed by atoms with E-state index in [0.717, 1.165) is 32.1 Å². The van der Waals surface area contributed by atoms with E-state index in [0.29, 0.717) is 12.8 Å². The number of carbonyl (C=O) groups is 5. The summed E-state index contributed by atoms with van der Waals surface area (Å²) in [7, 11) is 0. The second kappa shape index (κ2) is 21.5. The van der Waals surface area contributed by atoms with Crippen LogP contribution >= 0.6 is 0 Å². The molecule has 0 aromatic heterocycles. The standard InChI is InChI=1S/C30H52O14/c1-2-3-4-5-6-7-8-9-10-11-12-13-14-15-29(24(39)20(35)16-31,25(40)21(36)17-32)30(28(43)44,26(41)22(37)18-33)27(42)23(38)19-34/h20-23,31-38H,2-19H2,1H3,(H,43,44). The summed E-state index contributed by atoms with van der Waals surface area (Å²) in [5.41, 5.74) is -7.70. The average molecular weight is 637 g/mol. The highest BCUT2D eigenvalue weighted by Gasteiger charge is 2.74. The van der Waals surface area contributed by atoms with Crippen LogP contribution in [0.15, 0.2) is 0 Å². The predicted molar refractivity (Wildman–Crippen MR) is 155 cm³/mol. The van der Waals surface area contributed by atoms with Crippen molar-refractivity contribution in [1.29, 1.82) is 0 Å². The number of carbonyl (C=O) groups excluding carboxylic acids is 4. The normalized spacial score (nSPS) is 17.1. The van der Waals surface area contributed by atoms with E-state index in [1.54, 1.807) is 0 Å². The van der Waals surface area contributed by atoms with Crippen LogP contribution in [0, 0.1) is 10.8 Å². The number of aliphatic hydroxyl groups excluding tert-OH is 8. The van der Waals surface area contributed by atoms with E-state index in [1.807, 2.05) is 0 Å². The molecule has 0 saturated heterocycles. The van der Waals surface area contributed by atoms with Gasteiger partial charge in [0, 0.05) is 0 Å². The first-order valence-electron chi connectivity index (χ1n) is 15.4. The number of hydrogen-bond donors (Lipinski definition) is 9. The molecule has 0 aliphatic carbocycles. The van der Waals surface area contributed by atoms with E-state index in [2.05, 4.69) is 6.92 Å². The maximum absolute atomic E-state index is 13.7. The fraction of sp³-hybridized carbons (Fsp3) is 0.833. The summed E-state index contributed by atoms with van der Waals surface area (Å²) in [4.78, 5) is 67.4. The summed E-state index contributed by atoms with van der Waals surface area (Å²) in [5, 5.41) is 89.4. The van der Waals surface area contributed by atoms with Gasteiger partial charge in [0.25, 0.3) is 0 Å². The van der Waals surface area contributed by atoms with Crippen molar-refractivity contribution in [2.75, 3.05) is 26.4 Å². The molecular weight excluding hydrogens is 584 g/mol. The topological polar surface area (TPSA) is 267 Å². The number of carboxylic acid groups (broad SMARTS) is 1. The van der Waals surface area contributed by atoms with Crippen molar-refractivity contribution in [3.8, 4) is 0 Å². The molecule has 4 atom stereocenters. The Balaban J connectivity index is 6.52. The number of aliphatic hydroxyl groups is 8. The van der Waals surface area contributed by atoms with E-state index in [9.17, 15) is 69.9 Å². The number of ketones is 4. The maximum Gasteiger partial charge on any atom is 0.326 e. The van der Waals surface area contributed by atoms with Crippen LogP contribution in [0.2, 0.25) is 0 Å². The average Bonchev–Trinajstić information content (AvgIpc) is 3.03. The highest BCUT2D eigenvalue weighted by Crippen LogP contribution is 2.50. The van der Waals surface area contributed by atoms with Crippen molar-refractivity contribution < 1.29 is 69.9 Å². The van der Waals surface area contributed by atoms with Gasteiger partial charge in [-0.15, -0.1) is 0 Å². The number of unbranched alkanes of at least 4 members (excludes halogenated alkanes) is 12. The molecule has 0 saturated carbocycles. The zero-order chi connectivity index (χ0) is 33.9. The minimum atomic E-state index is -4.10. The molecule has 44 heavy (non-hydrogen) atoms. The van der Waals surface area contributed by atoms with Crippen LogP contribution in [0.25, 0.3) is 0 Å². The second-order valence-electron chi connectivity index (χ2n) is 11.2. The van der Waals surface area contributed by atoms with Gasteiger partial charge in [-0.05, 0) is 6.42 Å². The Bertz CT molecular complexity index is 860. The van der Waals surface area contributed by atoms with Crippen LogP contribution < -0.4 is 0 Å². The smallest absolute Gasteiger partial charge is 0.326 e. The van der Waals surface area contributed by atoms with Crippen LogP contribution in [-0.2, 0) is 24.0 Å². The van der Waals surface area contributed by atoms with Gasteiger partial charge in [-0.2, -0.15) is 0 Å². The van der Waals surface area contributed by atoms with E-state index in [4.69, 9.17) is 0 Å². The van der Waals surface area contributed by atoms with Gasteiger partial charge in [0.2, 0.25) is 5.41 Å². The Morgan fingerprint density at radius 3 is 1.02 bits per heavy atom. The summed E-state index contributed by atoms with van der Waals surface area (Å²) >= 11 is 0. The fourth-order valence-electron chi connectivity index (χ4n) is 5.67. The summed E-state index contributed by atoms with van der Waals surface area (Å²) in [6.07, 6.45) is -0.574. The zero-order valence-corrected chi connectivity index (χ0v) is 25.6. The first kappa shape index (κ1) is 41.8. The minimum Gasteiger partial charge on any atom is -0.480 e. The van der Waals surface area contributed by atoms with Crippen LogP contribution in [-0.4, -0.2) is 126 Å². The zero-order valence-electron chi connectivity index (χ0n) is 25.6. The summed E-state index contributed by atoms with van der Waals surface area (Å²) in [5.74, 6) is -10.7. The SMILES string of the molecule is CCCCCCCCCCCCCCCC(C(=O)C(O)CO)(C(=O)C(O)CO)C(C(=O)O)(C(=O)C(O)CO)C(=O)C(O)CO. The maximum atomic E-state index is 13.7. The van der Waals surface area contributed by atoms with Gasteiger partial charge in [0.1, 0.15) is 29.8 Å². The molecule has 0 aromatic rings. The lowest BCUT2D eigenvalue weighted by atomic mass is 9.50. The molecule has 14 nitrogen and oxygen atoms in total. The Morgan fingerprint density at radius 1 is 0.477 bits per heavy atom. The number of carboxylic acids is 1. The van der Waals surface area contributed by atoms with E-state index in [-0.39, 0.29) is 12.8 Å². The summed E-state index contributed by atoms with van der Waals surface area (Å²) in [6.45, 7) is -3.70. The monoisotopic (exact) mass is 636 g/mol. The van der Waals surface area contributed by atoms with Crippen molar-refractivity contribution in [1.82, 2.24) is 0 Å². The highest BCUT2D eigenvalue weighted by atomic mass is 16.4. The van der Waals surface area contributed by atoms with Gasteiger partial charge < -0.3 is 46.0 Å². The number of aliphatic carboxylic acids is 1. The van der Waals surface area contributed by atoms with Crippen molar-refractivity contribution in [3.05, 3.63) is 0 Å². The molecule has 9 N–H and O–H groups in total. The molecule has 0 aromatic carbocycles. The molecule has 0 bridgehead atoms. The lowest BCUT2D eigenvalue weighted by Crippen LogP contribution is -2.71. The van der Waals surface area contributed by atoms with Crippen molar-refractivity contribution in [3.63, 3.8) is 0 Å². The van der Waals surface area contributed by atoms with Crippen molar-refractivity contribution >= 4 is 29.1 Å². The summed E-state index contributed by atoms with van der Waals surface area (Å²) < 4.78 is 0. The second-order valence-corrected chi connectivity index (χ2v) is 11.2. The fourth-order valence-corrected chi connectivity index (χ4v) is 5.67. The molecule has 256 valence electrons. The Morgan fingerprint density at radius 2 is 0.750 bits per heavy atom. The van der Waals surface area contributed by atoms with Gasteiger partial charge >= 0.3 is 5.97 Å². The Labute approximate surface area is 257 Å². The molecule has 0 spiro atoms. The van der Waals surface area contributed by atoms with E-state index < -0.39 is 97.2 Å². The third-order valence-corrected chi connectivity index (χ3v) is 8.10. The lowest BCUT2D eigenvalue weighted by molar-refractivity contribution is -0.189. The molecule has 0 aliphatic rings. The third-order valence-electron chi connectivity index (χ3n) is 8.10. The van der Waals surface area contributed by atoms with Crippen LogP contribution in [0.5, 0.6) is 0 Å². The number of hydrogen-bond acceptors (Lipinski definition) is 13. The first-order valence-corrected chi connectivity index (χ1v) is 15.4. The highest BCUT2D eigenvalue weighted by molar-refractivity contribution is 6.32. The number of Topliss-reactive ketones (excluding diaryl/α,β-unsaturated/α-hetero) is 4. The quantitative estimate of drug-likeness (QED) is 0.0376. The Hall–Kier alpha value is -2.17. The molecule has 14 heteroatoms. The first-order chi connectivity index (χ1) is 20.8. The van der Waals surface area contributed by atoms with E-state index in [1.165, 1.54) is 25.7 Å². The molecule has 4 unspecified atom stereocenters. The lowest BCUT2D eigenvalue weighted by Gasteiger charge is -2.46. The van der Waals surface area contributed by atoms with Gasteiger partial charge in [-0.3, -0.25) is 24.0 Å². The van der Waals surface area contributed by atoms with Crippen LogP contribution in [0.4, 0.5) is 0 Å². The molecule has 0 amide bonds. The predicted octanol–water partition coefficient (Wildman–Crippen LogP) is -0.786. The van der Waals surface area contributed by atoms with Crippen molar-refractivity contribution in [2.45, 2.75) is 121 Å². The van der Waals surface area contributed by atoms with Crippen molar-refractivity contribution in [2.24, 2.45) is 10.8 Å². The molecule has 0 rings (SSSR count). The summed E-state index contributed by atoms with van der Waals surface area (Å²) in [6, 6.07) is 0. The van der Waals surface area contributed by atoms with Crippen LogP contribution in [0.3, 0.4) is 0 Å². The Kier molecular flexibility index (Phi) is 20.5. The van der Waals surface area contributed by atoms with Gasteiger partial charge in [-0.25, -0.2) is 0 Å². The molecule has 0 fully saturated rings. The largest absolute Gasteiger partial charge is 0.480 e. The van der Waals surface area contributed by atoms with Gasteiger partial charge in [0.15, 0.2) is 23.1 Å². The number of rotatable bonds is 28. The van der Waals surface area contributed by atoms with Gasteiger partial charge in [0.05, 0.1) is 26.4 Å². The third kappa shape index (κ3) is 10.2. The van der Waals surface area contributed by atoms with Crippen LogP contribution in [0.1, 0.15) is 96.8 Å². The van der Waals surface area contributed by atoms with E-state index >= 15 is 0 Å². The molecule has 0 aliphatic heterocycles. The molecular formula is C30H52O14.